The molecule has 0 atom stereocenters. The molecule has 128 valence electrons. The van der Waals surface area contributed by atoms with Crippen LogP contribution in [0, 0.1) is 6.92 Å². The van der Waals surface area contributed by atoms with Crippen molar-refractivity contribution in [1.82, 2.24) is 4.90 Å². The first kappa shape index (κ1) is 18.1. The maximum Gasteiger partial charge on any atom is 0.120 e. The van der Waals surface area contributed by atoms with E-state index in [2.05, 4.69) is 18.0 Å². The Morgan fingerprint density at radius 2 is 1.96 bits per heavy atom. The van der Waals surface area contributed by atoms with Crippen LogP contribution in [0.3, 0.4) is 0 Å². The summed E-state index contributed by atoms with van der Waals surface area (Å²) < 4.78 is 5.31. The molecule has 0 radical (unpaired) electrons. The highest BCUT2D eigenvalue weighted by molar-refractivity contribution is 6.36. The van der Waals surface area contributed by atoms with Gasteiger partial charge < -0.3 is 14.5 Å². The number of halogens is 1. The van der Waals surface area contributed by atoms with Crippen molar-refractivity contribution in [2.45, 2.75) is 13.8 Å². The van der Waals surface area contributed by atoms with E-state index in [1.807, 2.05) is 61.2 Å². The summed E-state index contributed by atoms with van der Waals surface area (Å²) in [5.41, 5.74) is 3.79. The molecule has 0 saturated carbocycles. The van der Waals surface area contributed by atoms with Gasteiger partial charge >= 0.3 is 0 Å². The first-order chi connectivity index (χ1) is 11.5. The third kappa shape index (κ3) is 4.20. The highest BCUT2D eigenvalue weighted by Gasteiger charge is 2.13. The van der Waals surface area contributed by atoms with Gasteiger partial charge in [-0.3, -0.25) is 0 Å². The molecule has 2 aromatic carbocycles. The maximum atomic E-state index is 6.62. The van der Waals surface area contributed by atoms with Gasteiger partial charge in [0.2, 0.25) is 0 Å². The summed E-state index contributed by atoms with van der Waals surface area (Å²) in [6.07, 6.45) is 1.80. The average molecular weight is 346 g/mol. The molecular formula is C19H24ClN3O. The summed E-state index contributed by atoms with van der Waals surface area (Å²) in [4.78, 5) is 8.57. The zero-order chi connectivity index (χ0) is 17.7. The second kappa shape index (κ2) is 8.06. The summed E-state index contributed by atoms with van der Waals surface area (Å²) in [5.74, 6) is 0.811. The predicted octanol–water partition coefficient (Wildman–Crippen LogP) is 5.04. The van der Waals surface area contributed by atoms with Crippen molar-refractivity contribution in [3.63, 3.8) is 0 Å². The molecule has 0 spiro atoms. The lowest BCUT2D eigenvalue weighted by atomic mass is 10.1. The number of benzene rings is 2. The third-order valence-corrected chi connectivity index (χ3v) is 4.26. The number of hydrogen-bond donors (Lipinski definition) is 0. The fraction of sp³-hybridized carbons (Fsp3) is 0.316. The molecule has 0 aromatic heterocycles. The highest BCUT2D eigenvalue weighted by Crippen LogP contribution is 2.39. The Kier molecular flexibility index (Phi) is 6.10. The number of aryl methyl sites for hydroxylation is 1. The van der Waals surface area contributed by atoms with E-state index in [1.54, 1.807) is 13.4 Å². The lowest BCUT2D eigenvalue weighted by molar-refractivity contribution is 0.415. The number of hydrogen-bond acceptors (Lipinski definition) is 3. The Labute approximate surface area is 149 Å². The molecule has 0 fully saturated rings. The van der Waals surface area contributed by atoms with Crippen LogP contribution in [0.1, 0.15) is 12.5 Å². The van der Waals surface area contributed by atoms with Gasteiger partial charge in [0.1, 0.15) is 5.75 Å². The molecule has 0 unspecified atom stereocenters. The van der Waals surface area contributed by atoms with E-state index >= 15 is 0 Å². The van der Waals surface area contributed by atoms with Gasteiger partial charge in [0.25, 0.3) is 0 Å². The second-order valence-corrected chi connectivity index (χ2v) is 6.07. The van der Waals surface area contributed by atoms with Crippen LogP contribution < -0.4 is 9.64 Å². The number of anilines is 2. The van der Waals surface area contributed by atoms with Crippen LogP contribution in [0.4, 0.5) is 17.1 Å². The largest absolute Gasteiger partial charge is 0.497 e. The van der Waals surface area contributed by atoms with Crippen molar-refractivity contribution in [3.05, 3.63) is 47.0 Å². The fourth-order valence-corrected chi connectivity index (χ4v) is 2.55. The Morgan fingerprint density at radius 3 is 2.62 bits per heavy atom. The zero-order valence-corrected chi connectivity index (χ0v) is 15.6. The van der Waals surface area contributed by atoms with Gasteiger partial charge in [-0.2, -0.15) is 0 Å². The second-order valence-electron chi connectivity index (χ2n) is 5.70. The van der Waals surface area contributed by atoms with E-state index in [-0.39, 0.29) is 0 Å². The Balaban J connectivity index is 2.42. The summed E-state index contributed by atoms with van der Waals surface area (Å²) in [6.45, 7) is 5.01. The topological polar surface area (TPSA) is 28.1 Å². The van der Waals surface area contributed by atoms with E-state index in [1.165, 1.54) is 0 Å². The molecule has 5 heteroatoms. The highest BCUT2D eigenvalue weighted by atomic mass is 35.5. The van der Waals surface area contributed by atoms with Crippen molar-refractivity contribution in [2.24, 2.45) is 4.99 Å². The SMILES string of the molecule is CCN(C)/C=N\c1cc(C)cc(N(C)c2cccc(OC)c2)c1Cl. The monoisotopic (exact) mass is 345 g/mol. The summed E-state index contributed by atoms with van der Waals surface area (Å²) in [7, 11) is 5.63. The van der Waals surface area contributed by atoms with Gasteiger partial charge in [-0.25, -0.2) is 4.99 Å². The van der Waals surface area contributed by atoms with Crippen LogP contribution >= 0.6 is 11.6 Å². The van der Waals surface area contributed by atoms with Crippen LogP contribution in [0.25, 0.3) is 0 Å². The van der Waals surface area contributed by atoms with E-state index in [0.717, 1.165) is 34.9 Å². The zero-order valence-electron chi connectivity index (χ0n) is 14.9. The molecule has 0 saturated heterocycles. The molecule has 0 aliphatic carbocycles. The molecule has 2 aromatic rings. The average Bonchev–Trinajstić information content (AvgIpc) is 2.61. The lowest BCUT2D eigenvalue weighted by Crippen LogP contribution is -2.14. The van der Waals surface area contributed by atoms with Gasteiger partial charge in [0, 0.05) is 32.4 Å². The van der Waals surface area contributed by atoms with Crippen LogP contribution in [0.15, 0.2) is 41.4 Å². The fourth-order valence-electron chi connectivity index (χ4n) is 2.27. The summed E-state index contributed by atoms with van der Waals surface area (Å²) in [6, 6.07) is 11.9. The molecule has 0 bridgehead atoms. The van der Waals surface area contributed by atoms with Crippen molar-refractivity contribution >= 4 is 35.0 Å². The number of ether oxygens (including phenoxy) is 1. The van der Waals surface area contributed by atoms with Gasteiger partial charge in [-0.15, -0.1) is 0 Å². The van der Waals surface area contributed by atoms with Crippen molar-refractivity contribution in [3.8, 4) is 5.75 Å². The number of nitrogens with zero attached hydrogens (tertiary/aromatic N) is 3. The van der Waals surface area contributed by atoms with E-state index in [4.69, 9.17) is 16.3 Å². The Hall–Kier alpha value is -2.20. The smallest absolute Gasteiger partial charge is 0.120 e. The maximum absolute atomic E-state index is 6.62. The van der Waals surface area contributed by atoms with Crippen LogP contribution in [0.2, 0.25) is 5.02 Å². The van der Waals surface area contributed by atoms with Gasteiger partial charge in [0.15, 0.2) is 0 Å². The Bertz CT molecular complexity index is 731. The molecule has 0 aliphatic heterocycles. The van der Waals surface area contributed by atoms with Crippen molar-refractivity contribution in [2.75, 3.05) is 32.6 Å². The molecule has 0 heterocycles. The Morgan fingerprint density at radius 1 is 1.21 bits per heavy atom. The minimum atomic E-state index is 0.631. The molecule has 4 nitrogen and oxygen atoms in total. The number of methoxy groups -OCH3 is 1. The quantitative estimate of drug-likeness (QED) is 0.542. The van der Waals surface area contributed by atoms with Gasteiger partial charge in [-0.1, -0.05) is 17.7 Å². The summed E-state index contributed by atoms with van der Waals surface area (Å²) in [5, 5.41) is 0.631. The normalized spacial score (nSPS) is 10.9. The standard InChI is InChI=1S/C19H24ClN3O/c1-6-22(3)13-21-17-10-14(2)11-18(19(17)20)23(4)15-8-7-9-16(12-15)24-5/h7-13H,6H2,1-5H3/b21-13-. The van der Waals surface area contributed by atoms with E-state index in [0.29, 0.717) is 5.02 Å². The summed E-state index contributed by atoms with van der Waals surface area (Å²) >= 11 is 6.62. The minimum Gasteiger partial charge on any atom is -0.497 e. The van der Waals surface area contributed by atoms with Crippen LogP contribution in [-0.2, 0) is 0 Å². The molecule has 24 heavy (non-hydrogen) atoms. The predicted molar refractivity (Wildman–Crippen MR) is 104 cm³/mol. The van der Waals surface area contributed by atoms with Crippen LogP contribution in [-0.4, -0.2) is 39.0 Å². The van der Waals surface area contributed by atoms with Crippen LogP contribution in [0.5, 0.6) is 5.75 Å². The first-order valence-corrected chi connectivity index (χ1v) is 8.26. The minimum absolute atomic E-state index is 0.631. The number of aliphatic imine (C=N–C) groups is 1. The molecule has 0 amide bonds. The molecule has 2 rings (SSSR count). The number of rotatable bonds is 6. The molecular weight excluding hydrogens is 322 g/mol. The van der Waals surface area contributed by atoms with E-state index < -0.39 is 0 Å². The van der Waals surface area contributed by atoms with Gasteiger partial charge in [-0.05, 0) is 43.7 Å². The molecule has 0 aliphatic rings. The lowest BCUT2D eigenvalue weighted by Gasteiger charge is -2.22. The van der Waals surface area contributed by atoms with E-state index in [9.17, 15) is 0 Å². The molecule has 0 N–H and O–H groups in total. The first-order valence-electron chi connectivity index (χ1n) is 7.88. The van der Waals surface area contributed by atoms with Crippen molar-refractivity contribution < 1.29 is 4.74 Å². The van der Waals surface area contributed by atoms with Crippen molar-refractivity contribution in [1.29, 1.82) is 0 Å². The van der Waals surface area contributed by atoms with Gasteiger partial charge in [0.05, 0.1) is 29.8 Å². The third-order valence-electron chi connectivity index (χ3n) is 3.87.